The van der Waals surface area contributed by atoms with Gasteiger partial charge < -0.3 is 10.1 Å². The molecule has 158 valence electrons. The predicted molar refractivity (Wildman–Crippen MR) is 129 cm³/mol. The molecule has 1 N–H and O–H groups in total. The van der Waals surface area contributed by atoms with Crippen LogP contribution in [0, 0.1) is 6.92 Å². The summed E-state index contributed by atoms with van der Waals surface area (Å²) in [5.74, 6) is 1.04. The number of nitrogens with zero attached hydrogens (tertiary/aromatic N) is 1. The Kier molecular flexibility index (Phi) is 6.33. The van der Waals surface area contributed by atoms with Crippen LogP contribution in [0.1, 0.15) is 37.3 Å². The van der Waals surface area contributed by atoms with Gasteiger partial charge in [0.05, 0.1) is 10.2 Å². The van der Waals surface area contributed by atoms with E-state index in [9.17, 15) is 4.79 Å². The predicted octanol–water partition coefficient (Wildman–Crippen LogP) is 6.80. The highest BCUT2D eigenvalue weighted by Gasteiger charge is 2.10. The average molecular weight is 431 g/mol. The van der Waals surface area contributed by atoms with Crippen molar-refractivity contribution in [1.29, 1.82) is 0 Å². The number of thiazole rings is 1. The molecular formula is C26H26N2O2S. The van der Waals surface area contributed by atoms with E-state index < -0.39 is 0 Å². The molecule has 0 saturated heterocycles. The van der Waals surface area contributed by atoms with Crippen molar-refractivity contribution in [3.05, 3.63) is 77.9 Å². The van der Waals surface area contributed by atoms with E-state index in [2.05, 4.69) is 43.4 Å². The molecule has 4 aromatic rings. The Morgan fingerprint density at radius 1 is 1.10 bits per heavy atom. The average Bonchev–Trinajstić information content (AvgIpc) is 3.23. The van der Waals surface area contributed by atoms with E-state index >= 15 is 0 Å². The number of aromatic nitrogens is 1. The number of hydrogen-bond acceptors (Lipinski definition) is 4. The van der Waals surface area contributed by atoms with Gasteiger partial charge >= 0.3 is 0 Å². The first-order valence-electron chi connectivity index (χ1n) is 10.5. The van der Waals surface area contributed by atoms with Crippen molar-refractivity contribution in [3.8, 4) is 16.3 Å². The van der Waals surface area contributed by atoms with Crippen LogP contribution in [-0.4, -0.2) is 17.5 Å². The summed E-state index contributed by atoms with van der Waals surface area (Å²) in [5, 5.41) is 3.92. The van der Waals surface area contributed by atoms with Crippen molar-refractivity contribution in [2.45, 2.75) is 33.1 Å². The van der Waals surface area contributed by atoms with Crippen LogP contribution in [0.15, 0.2) is 66.7 Å². The monoisotopic (exact) mass is 430 g/mol. The van der Waals surface area contributed by atoms with Gasteiger partial charge in [0.15, 0.2) is 6.61 Å². The fourth-order valence-corrected chi connectivity index (χ4v) is 4.36. The molecule has 1 amide bonds. The molecule has 0 fully saturated rings. The SMILES string of the molecule is CC[C@H](C)c1ccc(OCC(=O)Nc2ccc(-c3nc4ccccc4s3)cc2C)cc1. The number of fused-ring (bicyclic) bond motifs is 1. The molecule has 3 aromatic carbocycles. The smallest absolute Gasteiger partial charge is 0.262 e. The number of para-hydroxylation sites is 1. The molecule has 0 saturated carbocycles. The molecule has 0 aliphatic carbocycles. The molecule has 0 bridgehead atoms. The van der Waals surface area contributed by atoms with E-state index in [1.165, 1.54) is 10.3 Å². The topological polar surface area (TPSA) is 51.2 Å². The lowest BCUT2D eigenvalue weighted by Gasteiger charge is -2.12. The van der Waals surface area contributed by atoms with Crippen molar-refractivity contribution in [2.75, 3.05) is 11.9 Å². The second kappa shape index (κ2) is 9.31. The number of aryl methyl sites for hydroxylation is 1. The highest BCUT2D eigenvalue weighted by Crippen LogP contribution is 2.32. The summed E-state index contributed by atoms with van der Waals surface area (Å²) in [6.45, 7) is 6.34. The van der Waals surface area contributed by atoms with Gasteiger partial charge in [0.2, 0.25) is 0 Å². The van der Waals surface area contributed by atoms with Crippen LogP contribution >= 0.6 is 11.3 Å². The summed E-state index contributed by atoms with van der Waals surface area (Å²) in [5.41, 5.74) is 5.11. The van der Waals surface area contributed by atoms with Gasteiger partial charge in [0.1, 0.15) is 10.8 Å². The maximum Gasteiger partial charge on any atom is 0.262 e. The van der Waals surface area contributed by atoms with Gasteiger partial charge in [-0.3, -0.25) is 4.79 Å². The van der Waals surface area contributed by atoms with E-state index in [0.29, 0.717) is 11.7 Å². The molecular weight excluding hydrogens is 404 g/mol. The third-order valence-corrected chi connectivity index (χ3v) is 6.56. The Hall–Kier alpha value is -3.18. The molecule has 5 heteroatoms. The van der Waals surface area contributed by atoms with Gasteiger partial charge in [0.25, 0.3) is 5.91 Å². The molecule has 0 aliphatic heterocycles. The molecule has 4 rings (SSSR count). The van der Waals surface area contributed by atoms with Crippen LogP contribution < -0.4 is 10.1 Å². The number of carbonyl (C=O) groups is 1. The van der Waals surface area contributed by atoms with Gasteiger partial charge in [0, 0.05) is 11.3 Å². The molecule has 1 atom stereocenters. The highest BCUT2D eigenvalue weighted by molar-refractivity contribution is 7.21. The first kappa shape index (κ1) is 21.1. The lowest BCUT2D eigenvalue weighted by Crippen LogP contribution is -2.20. The molecule has 0 radical (unpaired) electrons. The zero-order valence-electron chi connectivity index (χ0n) is 18.0. The van der Waals surface area contributed by atoms with Crippen LogP contribution in [0.25, 0.3) is 20.8 Å². The molecule has 4 nitrogen and oxygen atoms in total. The van der Waals surface area contributed by atoms with Crippen LogP contribution in [-0.2, 0) is 4.79 Å². The Bertz CT molecular complexity index is 1160. The lowest BCUT2D eigenvalue weighted by atomic mass is 9.99. The highest BCUT2D eigenvalue weighted by atomic mass is 32.1. The Morgan fingerprint density at radius 2 is 1.87 bits per heavy atom. The van der Waals surface area contributed by atoms with Crippen molar-refractivity contribution < 1.29 is 9.53 Å². The minimum atomic E-state index is -0.179. The van der Waals surface area contributed by atoms with Gasteiger partial charge in [-0.2, -0.15) is 0 Å². The quantitative estimate of drug-likeness (QED) is 0.351. The fourth-order valence-electron chi connectivity index (χ4n) is 3.40. The van der Waals surface area contributed by atoms with Gasteiger partial charge in [-0.25, -0.2) is 4.98 Å². The molecule has 31 heavy (non-hydrogen) atoms. The Labute approximate surface area is 186 Å². The van der Waals surface area contributed by atoms with E-state index in [4.69, 9.17) is 9.72 Å². The van der Waals surface area contributed by atoms with Gasteiger partial charge in [-0.15, -0.1) is 11.3 Å². The minimum Gasteiger partial charge on any atom is -0.484 e. The number of carbonyl (C=O) groups excluding carboxylic acids is 1. The number of anilines is 1. The van der Waals surface area contributed by atoms with E-state index in [0.717, 1.165) is 33.8 Å². The molecule has 0 unspecified atom stereocenters. The second-order valence-corrected chi connectivity index (χ2v) is 8.76. The summed E-state index contributed by atoms with van der Waals surface area (Å²) in [4.78, 5) is 17.1. The zero-order chi connectivity index (χ0) is 21.8. The maximum atomic E-state index is 12.4. The summed E-state index contributed by atoms with van der Waals surface area (Å²) in [6.07, 6.45) is 1.10. The molecule has 1 aromatic heterocycles. The third kappa shape index (κ3) is 4.94. The standard InChI is InChI=1S/C26H26N2O2S/c1-4-17(2)19-9-12-21(13-10-19)30-16-25(29)27-22-14-11-20(15-18(22)3)26-28-23-7-5-6-8-24(23)31-26/h5-15,17H,4,16H2,1-3H3,(H,27,29)/t17-/m0/s1. The van der Waals surface area contributed by atoms with Crippen LogP contribution in [0.4, 0.5) is 5.69 Å². The number of ether oxygens (including phenoxy) is 1. The van der Waals surface area contributed by atoms with E-state index in [1.54, 1.807) is 11.3 Å². The summed E-state index contributed by atoms with van der Waals surface area (Å²) >= 11 is 1.67. The first-order valence-corrected chi connectivity index (χ1v) is 11.3. The number of amides is 1. The number of benzene rings is 3. The molecule has 0 spiro atoms. The summed E-state index contributed by atoms with van der Waals surface area (Å²) in [7, 11) is 0. The third-order valence-electron chi connectivity index (χ3n) is 5.47. The van der Waals surface area contributed by atoms with Crippen LogP contribution in [0.2, 0.25) is 0 Å². The van der Waals surface area contributed by atoms with Gasteiger partial charge in [-0.05, 0) is 72.9 Å². The van der Waals surface area contributed by atoms with Crippen molar-refractivity contribution in [3.63, 3.8) is 0 Å². The zero-order valence-corrected chi connectivity index (χ0v) is 18.8. The van der Waals surface area contributed by atoms with E-state index in [1.807, 2.05) is 49.4 Å². The van der Waals surface area contributed by atoms with Crippen molar-refractivity contribution in [2.24, 2.45) is 0 Å². The second-order valence-electron chi connectivity index (χ2n) is 7.73. The first-order chi connectivity index (χ1) is 15.0. The normalized spacial score (nSPS) is 12.0. The summed E-state index contributed by atoms with van der Waals surface area (Å²) in [6, 6.07) is 22.1. The fraction of sp³-hybridized carbons (Fsp3) is 0.231. The number of rotatable bonds is 7. The molecule has 0 aliphatic rings. The number of nitrogens with one attached hydrogen (secondary N) is 1. The van der Waals surface area contributed by atoms with Gasteiger partial charge in [-0.1, -0.05) is 38.1 Å². The van der Waals surface area contributed by atoms with E-state index in [-0.39, 0.29) is 12.5 Å². The molecule has 1 heterocycles. The number of hydrogen-bond donors (Lipinski definition) is 1. The maximum absolute atomic E-state index is 12.4. The van der Waals surface area contributed by atoms with Crippen LogP contribution in [0.3, 0.4) is 0 Å². The minimum absolute atomic E-state index is 0.0261. The largest absolute Gasteiger partial charge is 0.484 e. The van der Waals surface area contributed by atoms with Crippen molar-refractivity contribution in [1.82, 2.24) is 4.98 Å². The Balaban J connectivity index is 1.38. The van der Waals surface area contributed by atoms with Crippen LogP contribution in [0.5, 0.6) is 5.75 Å². The van der Waals surface area contributed by atoms with Crippen molar-refractivity contribution >= 4 is 33.1 Å². The lowest BCUT2D eigenvalue weighted by molar-refractivity contribution is -0.118. The Morgan fingerprint density at radius 3 is 2.58 bits per heavy atom. The summed E-state index contributed by atoms with van der Waals surface area (Å²) < 4.78 is 6.82.